The summed E-state index contributed by atoms with van der Waals surface area (Å²) >= 11 is 0. The number of hydrogen-bond acceptors (Lipinski definition) is 5. The molecular formula is C14H20N4O3S. The fourth-order valence-corrected chi connectivity index (χ4v) is 2.19. The van der Waals surface area contributed by atoms with Gasteiger partial charge in [0.1, 0.15) is 5.49 Å². The molecule has 2 aromatic rings. The Morgan fingerprint density at radius 2 is 1.77 bits per heavy atom. The topological polar surface area (TPSA) is 135 Å². The van der Waals surface area contributed by atoms with Crippen LogP contribution in [-0.4, -0.2) is 17.6 Å². The van der Waals surface area contributed by atoms with Crippen molar-refractivity contribution >= 4 is 15.8 Å². The summed E-state index contributed by atoms with van der Waals surface area (Å²) in [6.45, 7) is 3.79. The third-order valence-electron chi connectivity index (χ3n) is 2.98. The van der Waals surface area contributed by atoms with Crippen molar-refractivity contribution in [1.29, 1.82) is 5.41 Å². The van der Waals surface area contributed by atoms with Gasteiger partial charge in [-0.3, -0.25) is 14.6 Å². The van der Waals surface area contributed by atoms with E-state index in [4.69, 9.17) is 21.5 Å². The molecule has 1 aromatic heterocycles. The van der Waals surface area contributed by atoms with Gasteiger partial charge in [-0.15, -0.1) is 0 Å². The number of nitrogen functional groups attached to an aromatic ring is 2. The van der Waals surface area contributed by atoms with Crippen molar-refractivity contribution < 1.29 is 13.0 Å². The van der Waals surface area contributed by atoms with E-state index >= 15 is 0 Å². The lowest BCUT2D eigenvalue weighted by molar-refractivity contribution is 0.483. The van der Waals surface area contributed by atoms with Crippen LogP contribution in [0.2, 0.25) is 0 Å². The van der Waals surface area contributed by atoms with Gasteiger partial charge >= 0.3 is 0 Å². The molecule has 2 rings (SSSR count). The van der Waals surface area contributed by atoms with Crippen LogP contribution in [0.5, 0.6) is 0 Å². The summed E-state index contributed by atoms with van der Waals surface area (Å²) in [5.74, 6) is 5.44. The normalized spacial score (nSPS) is 10.7. The summed E-state index contributed by atoms with van der Waals surface area (Å²) < 4.78 is 30.8. The summed E-state index contributed by atoms with van der Waals surface area (Å²) in [4.78, 5) is -0.0666. The molecule has 22 heavy (non-hydrogen) atoms. The van der Waals surface area contributed by atoms with Crippen LogP contribution in [0, 0.1) is 12.3 Å². The van der Waals surface area contributed by atoms with Crippen LogP contribution in [0.3, 0.4) is 0 Å². The van der Waals surface area contributed by atoms with Crippen LogP contribution in [0.4, 0.5) is 5.69 Å². The molecule has 6 N–H and O–H groups in total. The van der Waals surface area contributed by atoms with Gasteiger partial charge in [0.2, 0.25) is 0 Å². The minimum atomic E-state index is -4.02. The van der Waals surface area contributed by atoms with Crippen LogP contribution in [0.25, 0.3) is 0 Å². The van der Waals surface area contributed by atoms with E-state index in [9.17, 15) is 8.42 Å². The number of pyridine rings is 1. The minimum absolute atomic E-state index is 0.0666. The highest BCUT2D eigenvalue weighted by atomic mass is 32.2. The van der Waals surface area contributed by atoms with Gasteiger partial charge in [0.15, 0.2) is 0 Å². The Kier molecular flexibility index (Phi) is 5.72. The average molecular weight is 324 g/mol. The van der Waals surface area contributed by atoms with Crippen LogP contribution >= 0.6 is 0 Å². The van der Waals surface area contributed by atoms with Crippen molar-refractivity contribution in [2.75, 3.05) is 11.6 Å². The Morgan fingerprint density at radius 3 is 2.18 bits per heavy atom. The maximum atomic E-state index is 10.5. The number of aromatic nitrogens is 1. The first-order valence-corrected chi connectivity index (χ1v) is 7.94. The van der Waals surface area contributed by atoms with Crippen molar-refractivity contribution in [3.8, 4) is 0 Å². The third kappa shape index (κ3) is 4.61. The molecule has 7 nitrogen and oxygen atoms in total. The summed E-state index contributed by atoms with van der Waals surface area (Å²) in [6.07, 6.45) is 2.32. The molecule has 0 fully saturated rings. The Morgan fingerprint density at radius 1 is 1.23 bits per heavy atom. The van der Waals surface area contributed by atoms with Gasteiger partial charge in [0, 0.05) is 17.4 Å². The van der Waals surface area contributed by atoms with Gasteiger partial charge in [-0.25, -0.2) is 0 Å². The maximum absolute atomic E-state index is 10.5. The van der Waals surface area contributed by atoms with Gasteiger partial charge in [-0.2, -0.15) is 8.42 Å². The smallest absolute Gasteiger partial charge is 0.294 e. The lowest BCUT2D eigenvalue weighted by Crippen LogP contribution is -2.29. The Hall–Kier alpha value is -2.32. The van der Waals surface area contributed by atoms with Crippen molar-refractivity contribution in [1.82, 2.24) is 4.68 Å². The van der Waals surface area contributed by atoms with Crippen LogP contribution in [-0.2, 0) is 16.5 Å². The molecule has 0 amide bonds. The summed E-state index contributed by atoms with van der Waals surface area (Å²) in [5.41, 5.74) is 8.29. The number of anilines is 1. The number of rotatable bonds is 2. The van der Waals surface area contributed by atoms with Gasteiger partial charge in [-0.05, 0) is 31.5 Å². The predicted molar refractivity (Wildman–Crippen MR) is 85.2 cm³/mol. The van der Waals surface area contributed by atoms with Crippen LogP contribution in [0.1, 0.15) is 18.1 Å². The highest BCUT2D eigenvalue weighted by Crippen LogP contribution is 2.08. The van der Waals surface area contributed by atoms with E-state index in [1.54, 1.807) is 24.4 Å². The fraction of sp³-hybridized carbons (Fsp3) is 0.214. The quantitative estimate of drug-likeness (QED) is 0.484. The van der Waals surface area contributed by atoms with Crippen molar-refractivity contribution in [3.05, 3.63) is 53.1 Å². The van der Waals surface area contributed by atoms with E-state index in [0.29, 0.717) is 5.69 Å². The molecule has 0 aliphatic rings. The van der Waals surface area contributed by atoms with Gasteiger partial charge in [0.25, 0.3) is 10.1 Å². The van der Waals surface area contributed by atoms with E-state index in [0.717, 1.165) is 17.5 Å². The zero-order valence-electron chi connectivity index (χ0n) is 12.4. The highest BCUT2D eigenvalue weighted by Gasteiger charge is 2.06. The van der Waals surface area contributed by atoms with Crippen molar-refractivity contribution in [2.24, 2.45) is 0 Å². The lowest BCUT2D eigenvalue weighted by Gasteiger charge is -2.05. The number of nitrogens with zero attached hydrogens (tertiary/aromatic N) is 1. The molecule has 0 spiro atoms. The Labute approximate surface area is 129 Å². The number of nitrogens with two attached hydrogens (primary N) is 2. The second-order valence-electron chi connectivity index (χ2n) is 4.65. The van der Waals surface area contributed by atoms with Crippen LogP contribution in [0.15, 0.2) is 41.4 Å². The minimum Gasteiger partial charge on any atom is -0.398 e. The van der Waals surface area contributed by atoms with E-state index in [1.165, 1.54) is 16.8 Å². The zero-order valence-corrected chi connectivity index (χ0v) is 13.3. The maximum Gasteiger partial charge on any atom is 0.294 e. The second-order valence-corrected chi connectivity index (χ2v) is 6.07. The molecule has 1 heterocycles. The first-order chi connectivity index (χ1) is 10.2. The predicted octanol–water partition coefficient (Wildman–Crippen LogP) is 1.07. The van der Waals surface area contributed by atoms with Crippen molar-refractivity contribution in [2.45, 2.75) is 25.2 Å². The molecule has 0 saturated carbocycles. The van der Waals surface area contributed by atoms with Crippen LogP contribution < -0.4 is 17.1 Å². The first-order valence-electron chi connectivity index (χ1n) is 6.50. The summed E-state index contributed by atoms with van der Waals surface area (Å²) in [7, 11) is -4.02. The number of hydrogen-bond donors (Lipinski definition) is 4. The molecule has 0 saturated heterocycles. The van der Waals surface area contributed by atoms with Gasteiger partial charge in [-0.1, -0.05) is 24.6 Å². The molecule has 120 valence electrons. The van der Waals surface area contributed by atoms with Gasteiger partial charge in [0.05, 0.1) is 4.90 Å². The molecular weight excluding hydrogens is 304 g/mol. The third-order valence-corrected chi connectivity index (χ3v) is 3.85. The molecule has 0 radical (unpaired) electrons. The van der Waals surface area contributed by atoms with E-state index < -0.39 is 10.1 Å². The zero-order chi connectivity index (χ0) is 16.9. The van der Waals surface area contributed by atoms with E-state index in [1.807, 2.05) is 13.8 Å². The molecule has 8 heteroatoms. The Bertz CT molecular complexity index is 796. The lowest BCUT2D eigenvalue weighted by atomic mass is 10.2. The van der Waals surface area contributed by atoms with E-state index in [-0.39, 0.29) is 10.4 Å². The monoisotopic (exact) mass is 324 g/mol. The Balaban J connectivity index is 0.000000220. The number of benzene rings is 1. The largest absolute Gasteiger partial charge is 0.398 e. The molecule has 1 aromatic carbocycles. The number of aryl methyl sites for hydroxylation is 1. The van der Waals surface area contributed by atoms with E-state index in [2.05, 4.69) is 0 Å². The van der Waals surface area contributed by atoms with Gasteiger partial charge < -0.3 is 11.6 Å². The average Bonchev–Trinajstić information content (AvgIpc) is 2.44. The molecule has 0 bridgehead atoms. The molecule has 0 aliphatic heterocycles. The molecule has 0 aliphatic carbocycles. The SMILES string of the molecule is CCc1c(N)ccn(N)c1=N.Cc1ccc(S(=O)(=O)O)cc1. The molecule has 0 atom stereocenters. The first kappa shape index (κ1) is 17.7. The second kappa shape index (κ2) is 7.10. The molecule has 0 unspecified atom stereocenters. The summed E-state index contributed by atoms with van der Waals surface area (Å²) in [5, 5.41) is 7.49. The fourth-order valence-electron chi connectivity index (χ4n) is 1.71. The highest BCUT2D eigenvalue weighted by molar-refractivity contribution is 7.85. The van der Waals surface area contributed by atoms with Crippen molar-refractivity contribution in [3.63, 3.8) is 0 Å². The number of nitrogens with one attached hydrogen (secondary N) is 1. The standard InChI is InChI=1S/C7H12N4.C7H8O3S/c1-2-5-6(8)3-4-11(10)7(5)9;1-6-2-4-7(5-3-6)11(8,9)10/h3-4,9H,2,8,10H2,1H3;2-5H,1H3,(H,8,9,10). The summed E-state index contributed by atoms with van der Waals surface area (Å²) in [6, 6.07) is 7.69.